The van der Waals surface area contributed by atoms with Crippen LogP contribution >= 0.6 is 23.5 Å². The highest BCUT2D eigenvalue weighted by atomic mass is 31.2. The number of carbonyl (C=O) groups is 1. The van der Waals surface area contributed by atoms with Crippen molar-refractivity contribution >= 4 is 29.4 Å². The first-order valence-corrected chi connectivity index (χ1v) is 35.4. The lowest BCUT2D eigenvalue weighted by Gasteiger charge is -2.42. The molecule has 0 aromatic carbocycles. The molecule has 3 saturated heterocycles. The Labute approximate surface area is 522 Å². The molecule has 0 aliphatic carbocycles. The molecule has 1 amide bonds. The highest BCUT2D eigenvalue weighted by Crippen LogP contribution is 2.45. The molecular formula is C54H106NO31P3. The van der Waals surface area contributed by atoms with E-state index in [1.807, 2.05) is 6.92 Å². The molecule has 0 radical (unpaired) electrons. The first-order chi connectivity index (χ1) is 42.3. The van der Waals surface area contributed by atoms with Crippen LogP contribution in [0.15, 0.2) is 0 Å². The van der Waals surface area contributed by atoms with Crippen molar-refractivity contribution in [3.63, 3.8) is 0 Å². The van der Waals surface area contributed by atoms with Crippen LogP contribution in [0, 0.1) is 17.3 Å². The molecule has 0 spiro atoms. The van der Waals surface area contributed by atoms with E-state index in [-0.39, 0.29) is 105 Å². The summed E-state index contributed by atoms with van der Waals surface area (Å²) in [5.74, 6) is -1.47. The first-order valence-electron chi connectivity index (χ1n) is 30.9. The summed E-state index contributed by atoms with van der Waals surface area (Å²) < 4.78 is 120. The molecular weight excluding hydrogens is 1250 g/mol. The molecule has 3 aliphatic rings. The van der Waals surface area contributed by atoms with Crippen molar-refractivity contribution in [3.05, 3.63) is 0 Å². The third-order valence-corrected chi connectivity index (χ3v) is 17.8. The number of aliphatic hydroxyl groups excluding tert-OH is 9. The molecule has 18 atom stereocenters. The van der Waals surface area contributed by atoms with Gasteiger partial charge in [0.25, 0.3) is 0 Å². The van der Waals surface area contributed by atoms with Gasteiger partial charge in [0, 0.05) is 63.8 Å². The number of hydrogen-bond donors (Lipinski definition) is 13. The van der Waals surface area contributed by atoms with Crippen molar-refractivity contribution in [3.8, 4) is 0 Å². The van der Waals surface area contributed by atoms with Crippen LogP contribution in [-0.4, -0.2) is 265 Å². The van der Waals surface area contributed by atoms with E-state index in [4.69, 9.17) is 69.8 Å². The summed E-state index contributed by atoms with van der Waals surface area (Å²) in [6.45, 7) is 5.73. The lowest BCUT2D eigenvalue weighted by molar-refractivity contribution is -0.282. The molecule has 0 saturated carbocycles. The highest BCUT2D eigenvalue weighted by Gasteiger charge is 2.46. The fourth-order valence-electron chi connectivity index (χ4n) is 9.46. The monoisotopic (exact) mass is 1360 g/mol. The summed E-state index contributed by atoms with van der Waals surface area (Å²) in [4.78, 5) is 42.3. The van der Waals surface area contributed by atoms with Crippen molar-refractivity contribution in [2.75, 3.05) is 119 Å². The molecule has 32 nitrogen and oxygen atoms in total. The Kier molecular flexibility index (Phi) is 41.4. The van der Waals surface area contributed by atoms with Crippen molar-refractivity contribution < 1.29 is 149 Å². The topological polar surface area (TPSA) is 462 Å². The molecule has 3 aliphatic heterocycles. The minimum Gasteiger partial charge on any atom is -0.394 e. The van der Waals surface area contributed by atoms with Crippen LogP contribution in [0.1, 0.15) is 124 Å². The van der Waals surface area contributed by atoms with Crippen LogP contribution in [-0.2, 0) is 88.3 Å². The van der Waals surface area contributed by atoms with Crippen molar-refractivity contribution in [1.29, 1.82) is 0 Å². The number of phosphoric acid groups is 3. The maximum Gasteiger partial charge on any atom is 0.472 e. The number of amides is 1. The Morgan fingerprint density at radius 2 is 0.674 bits per heavy atom. The minimum atomic E-state index is -4.39. The fraction of sp³-hybridized carbons (Fsp3) is 0.981. The molecule has 35 heteroatoms. The van der Waals surface area contributed by atoms with E-state index >= 15 is 0 Å². The second-order valence-electron chi connectivity index (χ2n) is 22.9. The summed E-state index contributed by atoms with van der Waals surface area (Å²) in [6.07, 6.45) is -5.42. The maximum absolute atomic E-state index is 12.5. The molecule has 13 N–H and O–H groups in total. The van der Waals surface area contributed by atoms with Crippen LogP contribution in [0.3, 0.4) is 0 Å². The summed E-state index contributed by atoms with van der Waals surface area (Å²) in [6, 6.07) is -1.05. The largest absolute Gasteiger partial charge is 0.472 e. The second-order valence-corrected chi connectivity index (χ2v) is 27.2. The van der Waals surface area contributed by atoms with Crippen LogP contribution in [0.25, 0.3) is 0 Å². The summed E-state index contributed by atoms with van der Waals surface area (Å²) in [5.41, 5.74) is -0.769. The smallest absolute Gasteiger partial charge is 0.394 e. The summed E-state index contributed by atoms with van der Waals surface area (Å²) in [5, 5.41) is 91.9. The van der Waals surface area contributed by atoms with Crippen LogP contribution in [0.5, 0.6) is 0 Å². The van der Waals surface area contributed by atoms with Gasteiger partial charge in [-0.25, -0.2) is 13.7 Å². The number of nitrogens with one attached hydrogen (secondary N) is 1. The lowest BCUT2D eigenvalue weighted by Crippen LogP contribution is -2.64. The standard InChI is InChI=1S/C54H106NO31P3/c1-38-45(60)47(62)41(32-56)84-51(38)75-23-11-5-8-14-26-78-87(66,67)81-29-17-20-72-35-54(4,36-73-21-18-30-82-88(68,69)79-27-15-9-6-12-24-76-52-39(2)46(61)48(63)42(33-57)85-52)37-74-22-19-31-83-89(70,71)80-28-16-10-7-13-25-77-53-44(55-40(3)59)50(65)49(64)43(34-58)86-53/h38-39,41-53,56-58,60-65H,5-37H2,1-4H3,(H,55,59)(H,66,67)(H,68,69)(H,70,71)/t38?,39?,41?,42?,43?,44?,45-,46-,47+,48+,49+,50-,51-,52-,53-,54?/m1/s1. The predicted molar refractivity (Wildman–Crippen MR) is 312 cm³/mol. The van der Waals surface area contributed by atoms with E-state index in [0.29, 0.717) is 90.3 Å². The van der Waals surface area contributed by atoms with Crippen LogP contribution < -0.4 is 5.32 Å². The van der Waals surface area contributed by atoms with Crippen molar-refractivity contribution in [1.82, 2.24) is 5.32 Å². The molecule has 0 aromatic rings. The molecule has 89 heavy (non-hydrogen) atoms. The normalized spacial score (nSPS) is 30.3. The number of carbonyl (C=O) groups excluding carboxylic acids is 1. The number of unbranched alkanes of at least 4 members (excludes halogenated alkanes) is 9. The fourth-order valence-corrected chi connectivity index (χ4v) is 11.8. The third-order valence-electron chi connectivity index (χ3n) is 14.8. The van der Waals surface area contributed by atoms with Crippen molar-refractivity contribution in [2.24, 2.45) is 17.3 Å². The second kappa shape index (κ2) is 44.7. The van der Waals surface area contributed by atoms with Gasteiger partial charge in [-0.3, -0.25) is 31.9 Å². The van der Waals surface area contributed by atoms with E-state index in [1.165, 1.54) is 6.92 Å². The summed E-state index contributed by atoms with van der Waals surface area (Å²) in [7, 11) is -13.1. The maximum atomic E-state index is 12.5. The van der Waals surface area contributed by atoms with E-state index in [0.717, 1.165) is 0 Å². The SMILES string of the molecule is CC(=O)NC1[C@H](OCCCCCCOP(=O)(O)OCCCOCC(C)(COCCCOP(=O)(O)OCCCCCCO[C@@H]2OC(CO)[C@H](O)[C@H](O)C2C)COCCCOP(=O)(O)OCCCCCCO[C@@H]2OC(CO)[C@H](O)[C@H](O)C2C)OC(CO)[C@H](O)[C@@H]1O. The predicted octanol–water partition coefficient (Wildman–Crippen LogP) is 1.44. The Hall–Kier alpha value is -0.920. The number of hydrogen-bond acceptors (Lipinski definition) is 28. The van der Waals surface area contributed by atoms with Crippen LogP contribution in [0.4, 0.5) is 0 Å². The van der Waals surface area contributed by atoms with E-state index in [1.54, 1.807) is 13.8 Å². The highest BCUT2D eigenvalue weighted by molar-refractivity contribution is 7.47. The average Bonchev–Trinajstić information content (AvgIpc) is 3.69. The van der Waals surface area contributed by atoms with Crippen molar-refractivity contribution in [2.45, 2.75) is 204 Å². The van der Waals surface area contributed by atoms with Gasteiger partial charge >= 0.3 is 23.5 Å². The van der Waals surface area contributed by atoms with Gasteiger partial charge < -0.3 is 109 Å². The van der Waals surface area contributed by atoms with Crippen LogP contribution in [0.2, 0.25) is 0 Å². The average molecular weight is 1360 g/mol. The van der Waals surface area contributed by atoms with Gasteiger partial charge in [-0.05, 0) is 57.8 Å². The van der Waals surface area contributed by atoms with E-state index in [2.05, 4.69) is 5.32 Å². The molecule has 3 heterocycles. The lowest BCUT2D eigenvalue weighted by atomic mass is 9.92. The molecule has 0 aromatic heterocycles. The quantitative estimate of drug-likeness (QED) is 0.0303. The van der Waals surface area contributed by atoms with Gasteiger partial charge in [-0.15, -0.1) is 0 Å². The Balaban J connectivity index is 1.33. The molecule has 0 bridgehead atoms. The molecule has 528 valence electrons. The van der Waals surface area contributed by atoms with Gasteiger partial charge in [-0.2, -0.15) is 0 Å². The molecule has 3 fully saturated rings. The van der Waals surface area contributed by atoms with Gasteiger partial charge in [-0.1, -0.05) is 59.3 Å². The zero-order chi connectivity index (χ0) is 65.9. The number of ether oxygens (including phenoxy) is 9. The Morgan fingerprint density at radius 1 is 0.404 bits per heavy atom. The third kappa shape index (κ3) is 33.1. The Morgan fingerprint density at radius 3 is 0.978 bits per heavy atom. The summed E-state index contributed by atoms with van der Waals surface area (Å²) >= 11 is 0. The first kappa shape index (κ1) is 82.3. The molecule has 3 rings (SSSR count). The van der Waals surface area contributed by atoms with Gasteiger partial charge in [0.05, 0.1) is 91.5 Å². The van der Waals surface area contributed by atoms with Gasteiger partial charge in [0.2, 0.25) is 5.91 Å². The van der Waals surface area contributed by atoms with E-state index in [9.17, 15) is 79.1 Å². The van der Waals surface area contributed by atoms with Gasteiger partial charge in [0.15, 0.2) is 18.9 Å². The zero-order valence-electron chi connectivity index (χ0n) is 52.0. The molecule has 9 unspecified atom stereocenters. The minimum absolute atomic E-state index is 0.0284. The Bertz CT molecular complexity index is 1920. The van der Waals surface area contributed by atoms with Gasteiger partial charge in [0.1, 0.15) is 48.8 Å². The number of rotatable bonds is 52. The number of phosphoric ester groups is 3. The zero-order valence-corrected chi connectivity index (χ0v) is 54.6. The van der Waals surface area contributed by atoms with E-state index < -0.39 is 146 Å². The number of aliphatic hydroxyl groups is 9.